The van der Waals surface area contributed by atoms with Gasteiger partial charge >= 0.3 is 0 Å². The molecule has 1 aliphatic rings. The molecule has 14 heavy (non-hydrogen) atoms. The summed E-state index contributed by atoms with van der Waals surface area (Å²) in [5, 5.41) is 0. The molecule has 0 radical (unpaired) electrons. The summed E-state index contributed by atoms with van der Waals surface area (Å²) in [7, 11) is 1.59. The summed E-state index contributed by atoms with van der Waals surface area (Å²) in [6, 6.07) is 6.61. The first-order valence-corrected chi connectivity index (χ1v) is 6.50. The minimum atomic E-state index is -3.59. The van der Waals surface area contributed by atoms with Crippen LogP contribution in [0.3, 0.4) is 0 Å². The Balaban J connectivity index is 2.26. The molecule has 3 nitrogen and oxygen atoms in total. The van der Waals surface area contributed by atoms with Crippen LogP contribution in [0.5, 0.6) is 0 Å². The number of ether oxygens (including phenoxy) is 1. The topological polar surface area (TPSA) is 43.4 Å². The summed E-state index contributed by atoms with van der Waals surface area (Å²) in [5.41, 5.74) is 1.10. The average molecular weight is 233 g/mol. The van der Waals surface area contributed by atoms with Gasteiger partial charge in [0.25, 0.3) is 9.05 Å². The van der Waals surface area contributed by atoms with Crippen molar-refractivity contribution in [2.24, 2.45) is 0 Å². The molecule has 0 saturated carbocycles. The molecule has 0 atom stereocenters. The molecule has 0 amide bonds. The summed E-state index contributed by atoms with van der Waals surface area (Å²) in [5.74, 6) is 0.405. The van der Waals surface area contributed by atoms with Crippen LogP contribution in [0.2, 0.25) is 0 Å². The standard InChI is InChI=1S/C9H9ClO3S/c10-14(11,12)9-3-1-7(2-4-9)8-5-13-6-8/h1-4,8H,5-6H2. The fraction of sp³-hybridized carbons (Fsp3) is 0.333. The van der Waals surface area contributed by atoms with E-state index < -0.39 is 9.05 Å². The first kappa shape index (κ1) is 9.96. The quantitative estimate of drug-likeness (QED) is 0.730. The summed E-state index contributed by atoms with van der Waals surface area (Å²) < 4.78 is 26.9. The summed E-state index contributed by atoms with van der Waals surface area (Å²) in [4.78, 5) is 0.142. The lowest BCUT2D eigenvalue weighted by Crippen LogP contribution is -2.24. The summed E-state index contributed by atoms with van der Waals surface area (Å²) in [6.45, 7) is 1.43. The van der Waals surface area contributed by atoms with Crippen LogP contribution in [-0.2, 0) is 13.8 Å². The number of benzene rings is 1. The van der Waals surface area contributed by atoms with Crippen molar-refractivity contribution in [2.75, 3.05) is 13.2 Å². The zero-order valence-corrected chi connectivity index (χ0v) is 8.88. The van der Waals surface area contributed by atoms with Gasteiger partial charge in [0.2, 0.25) is 0 Å². The second kappa shape index (κ2) is 3.53. The Hall–Kier alpha value is -0.580. The molecule has 0 spiro atoms. The van der Waals surface area contributed by atoms with Gasteiger partial charge < -0.3 is 4.74 Å². The van der Waals surface area contributed by atoms with Gasteiger partial charge in [-0.15, -0.1) is 0 Å². The van der Waals surface area contributed by atoms with Gasteiger partial charge in [-0.1, -0.05) is 12.1 Å². The third kappa shape index (κ3) is 1.92. The van der Waals surface area contributed by atoms with Crippen molar-refractivity contribution in [3.63, 3.8) is 0 Å². The van der Waals surface area contributed by atoms with Gasteiger partial charge in [0.15, 0.2) is 0 Å². The molecular weight excluding hydrogens is 224 g/mol. The fourth-order valence-corrected chi connectivity index (χ4v) is 2.10. The summed E-state index contributed by atoms with van der Waals surface area (Å²) >= 11 is 0. The van der Waals surface area contributed by atoms with Gasteiger partial charge in [-0.2, -0.15) is 0 Å². The van der Waals surface area contributed by atoms with Crippen molar-refractivity contribution in [2.45, 2.75) is 10.8 Å². The lowest BCUT2D eigenvalue weighted by atomic mass is 9.98. The molecular formula is C9H9ClO3S. The molecule has 0 N–H and O–H groups in total. The second-order valence-corrected chi connectivity index (χ2v) is 5.81. The van der Waals surface area contributed by atoms with E-state index in [1.807, 2.05) is 0 Å². The number of hydrogen-bond donors (Lipinski definition) is 0. The Labute approximate surface area is 87.1 Å². The van der Waals surface area contributed by atoms with E-state index in [2.05, 4.69) is 0 Å². The molecule has 1 saturated heterocycles. The predicted octanol–water partition coefficient (Wildman–Crippen LogP) is 1.73. The second-order valence-electron chi connectivity index (χ2n) is 3.24. The lowest BCUT2D eigenvalue weighted by molar-refractivity contribution is 0.00840. The van der Waals surface area contributed by atoms with Gasteiger partial charge in [0.05, 0.1) is 18.1 Å². The van der Waals surface area contributed by atoms with Gasteiger partial charge in [0.1, 0.15) is 0 Å². The van der Waals surface area contributed by atoms with Crippen LogP contribution in [0.4, 0.5) is 0 Å². The Morgan fingerprint density at radius 3 is 2.14 bits per heavy atom. The van der Waals surface area contributed by atoms with Gasteiger partial charge in [-0.3, -0.25) is 0 Å². The molecule has 0 aromatic heterocycles. The van der Waals surface area contributed by atoms with E-state index in [4.69, 9.17) is 15.4 Å². The van der Waals surface area contributed by atoms with Crippen LogP contribution in [0.15, 0.2) is 29.2 Å². The SMILES string of the molecule is O=S(=O)(Cl)c1ccc(C2COC2)cc1. The highest BCUT2D eigenvalue weighted by molar-refractivity contribution is 8.13. The minimum Gasteiger partial charge on any atom is -0.380 e. The Morgan fingerprint density at radius 1 is 1.21 bits per heavy atom. The van der Waals surface area contributed by atoms with Crippen molar-refractivity contribution >= 4 is 19.7 Å². The third-order valence-electron chi connectivity index (χ3n) is 2.27. The molecule has 1 heterocycles. The van der Waals surface area contributed by atoms with Crippen LogP contribution < -0.4 is 0 Å². The van der Waals surface area contributed by atoms with Crippen molar-refractivity contribution in [3.05, 3.63) is 29.8 Å². The Morgan fingerprint density at radius 2 is 1.79 bits per heavy atom. The van der Waals surface area contributed by atoms with E-state index >= 15 is 0 Å². The van der Waals surface area contributed by atoms with Crippen LogP contribution in [-0.4, -0.2) is 21.6 Å². The smallest absolute Gasteiger partial charge is 0.261 e. The van der Waals surface area contributed by atoms with Crippen LogP contribution in [0.1, 0.15) is 11.5 Å². The van der Waals surface area contributed by atoms with E-state index in [1.54, 1.807) is 12.1 Å². The van der Waals surface area contributed by atoms with Crippen molar-refractivity contribution in [1.82, 2.24) is 0 Å². The number of halogens is 1. The maximum Gasteiger partial charge on any atom is 0.261 e. The van der Waals surface area contributed by atoms with Crippen LogP contribution in [0.25, 0.3) is 0 Å². The maximum absolute atomic E-state index is 10.9. The fourth-order valence-electron chi connectivity index (χ4n) is 1.33. The maximum atomic E-state index is 10.9. The number of rotatable bonds is 2. The molecule has 5 heteroatoms. The third-order valence-corrected chi connectivity index (χ3v) is 3.64. The van der Waals surface area contributed by atoms with Gasteiger partial charge in [-0.25, -0.2) is 8.42 Å². The van der Waals surface area contributed by atoms with Gasteiger partial charge in [0, 0.05) is 16.6 Å². The molecule has 1 fully saturated rings. The van der Waals surface area contributed by atoms with E-state index in [1.165, 1.54) is 12.1 Å². The average Bonchev–Trinajstić information content (AvgIpc) is 2.00. The van der Waals surface area contributed by atoms with Gasteiger partial charge in [-0.05, 0) is 17.7 Å². The zero-order valence-electron chi connectivity index (χ0n) is 7.31. The highest BCUT2D eigenvalue weighted by atomic mass is 35.7. The largest absolute Gasteiger partial charge is 0.380 e. The molecule has 1 aromatic carbocycles. The van der Waals surface area contributed by atoms with Crippen LogP contribution >= 0.6 is 10.7 Å². The normalized spacial score (nSPS) is 17.8. The first-order valence-electron chi connectivity index (χ1n) is 4.20. The number of hydrogen-bond acceptors (Lipinski definition) is 3. The van der Waals surface area contributed by atoms with E-state index in [0.29, 0.717) is 19.1 Å². The van der Waals surface area contributed by atoms with Crippen molar-refractivity contribution < 1.29 is 13.2 Å². The van der Waals surface area contributed by atoms with Crippen LogP contribution in [0, 0.1) is 0 Å². The van der Waals surface area contributed by atoms with Crippen molar-refractivity contribution in [3.8, 4) is 0 Å². The molecule has 0 aliphatic carbocycles. The molecule has 1 aromatic rings. The predicted molar refractivity (Wildman–Crippen MR) is 53.0 cm³/mol. The molecule has 0 unspecified atom stereocenters. The van der Waals surface area contributed by atoms with E-state index in [-0.39, 0.29) is 4.90 Å². The molecule has 0 bridgehead atoms. The molecule has 1 aliphatic heterocycles. The Bertz CT molecular complexity index is 420. The first-order chi connectivity index (χ1) is 6.57. The lowest BCUT2D eigenvalue weighted by Gasteiger charge is -2.26. The molecule has 2 rings (SSSR count). The highest BCUT2D eigenvalue weighted by Crippen LogP contribution is 2.25. The zero-order chi connectivity index (χ0) is 10.2. The van der Waals surface area contributed by atoms with E-state index in [9.17, 15) is 8.42 Å². The highest BCUT2D eigenvalue weighted by Gasteiger charge is 2.20. The minimum absolute atomic E-state index is 0.142. The monoisotopic (exact) mass is 232 g/mol. The van der Waals surface area contributed by atoms with E-state index in [0.717, 1.165) is 5.56 Å². The summed E-state index contributed by atoms with van der Waals surface area (Å²) in [6.07, 6.45) is 0. The van der Waals surface area contributed by atoms with Crippen molar-refractivity contribution in [1.29, 1.82) is 0 Å². The molecule has 76 valence electrons. The Kier molecular flexibility index (Phi) is 2.51.